The van der Waals surface area contributed by atoms with Crippen molar-refractivity contribution in [2.75, 3.05) is 11.9 Å². The number of anilines is 1. The first-order valence-electron chi connectivity index (χ1n) is 10.9. The Labute approximate surface area is 172 Å². The van der Waals surface area contributed by atoms with E-state index >= 15 is 0 Å². The average molecular weight is 394 g/mol. The Bertz CT molecular complexity index is 814. The van der Waals surface area contributed by atoms with Gasteiger partial charge in [-0.2, -0.15) is 0 Å². The molecule has 7 nitrogen and oxygen atoms in total. The lowest BCUT2D eigenvalue weighted by atomic mass is 9.81. The summed E-state index contributed by atoms with van der Waals surface area (Å²) >= 11 is 0. The van der Waals surface area contributed by atoms with Crippen molar-refractivity contribution >= 4 is 5.82 Å². The molecule has 7 heteroatoms. The number of nitrogens with two attached hydrogens (primary N) is 1. The number of nitrogens with one attached hydrogen (secondary N) is 4. The lowest BCUT2D eigenvalue weighted by molar-refractivity contribution is 0.265. The van der Waals surface area contributed by atoms with E-state index in [2.05, 4.69) is 50.7 Å². The van der Waals surface area contributed by atoms with Gasteiger partial charge in [-0.05, 0) is 55.9 Å². The van der Waals surface area contributed by atoms with Gasteiger partial charge in [-0.15, -0.1) is 0 Å². The fourth-order valence-corrected chi connectivity index (χ4v) is 5.17. The predicted molar refractivity (Wildman–Crippen MR) is 114 cm³/mol. The molecule has 2 aromatic heterocycles. The molecule has 154 valence electrons. The van der Waals surface area contributed by atoms with Crippen LogP contribution < -0.4 is 27.2 Å². The molecule has 0 aromatic carbocycles. The van der Waals surface area contributed by atoms with Gasteiger partial charge in [0.25, 0.3) is 0 Å². The van der Waals surface area contributed by atoms with Crippen LogP contribution in [0.25, 0.3) is 0 Å². The van der Waals surface area contributed by atoms with Gasteiger partial charge in [-0.1, -0.05) is 12.1 Å². The van der Waals surface area contributed by atoms with Gasteiger partial charge >= 0.3 is 0 Å². The molecular formula is C22H31N7. The largest absolute Gasteiger partial charge is 0.367 e. The van der Waals surface area contributed by atoms with Gasteiger partial charge in [0, 0.05) is 49.0 Å². The van der Waals surface area contributed by atoms with E-state index in [0.717, 1.165) is 37.3 Å². The van der Waals surface area contributed by atoms with Gasteiger partial charge in [-0.25, -0.2) is 10.4 Å². The first-order valence-corrected chi connectivity index (χ1v) is 10.9. The minimum Gasteiger partial charge on any atom is -0.367 e. The highest BCUT2D eigenvalue weighted by molar-refractivity contribution is 5.38. The molecule has 4 unspecified atom stereocenters. The maximum absolute atomic E-state index is 6.15. The van der Waals surface area contributed by atoms with Crippen molar-refractivity contribution in [3.8, 4) is 0 Å². The van der Waals surface area contributed by atoms with Gasteiger partial charge in [0.15, 0.2) is 0 Å². The standard InChI is InChI=1S/C22H31N7/c23-15-5-1-6-16(10-15)26-21-8-2-7-18(27-21)22-17-11-19(14-4-3-9-24-12-14)25-13-20(17)28-29-22/h2-4,7-9,12,15-17,19-20,22,25,28-29H,1,5-6,10-11,13,23H2,(H,26,27)/t15-,16-,17?,19?,20?,22?/m0/s1. The molecule has 3 aliphatic rings. The van der Waals surface area contributed by atoms with E-state index in [0.29, 0.717) is 30.1 Å². The summed E-state index contributed by atoms with van der Waals surface area (Å²) in [6.07, 6.45) is 9.39. The summed E-state index contributed by atoms with van der Waals surface area (Å²) < 4.78 is 0. The van der Waals surface area contributed by atoms with Crippen LogP contribution in [0.15, 0.2) is 42.7 Å². The molecule has 4 heterocycles. The van der Waals surface area contributed by atoms with Crippen LogP contribution in [0.3, 0.4) is 0 Å². The molecule has 5 rings (SSSR count). The lowest BCUT2D eigenvalue weighted by Crippen LogP contribution is -2.46. The van der Waals surface area contributed by atoms with Crippen molar-refractivity contribution in [3.63, 3.8) is 0 Å². The number of piperidine rings is 1. The highest BCUT2D eigenvalue weighted by Crippen LogP contribution is 2.38. The Hall–Kier alpha value is -2.06. The van der Waals surface area contributed by atoms with Crippen LogP contribution in [0.2, 0.25) is 0 Å². The molecule has 2 aliphatic heterocycles. The SMILES string of the molecule is N[C@H]1CCC[C@H](Nc2cccc(C3NNC4CNC(c5cccnc5)CC43)n2)C1. The quantitative estimate of drug-likeness (QED) is 0.542. The summed E-state index contributed by atoms with van der Waals surface area (Å²) in [6, 6.07) is 12.2. The van der Waals surface area contributed by atoms with E-state index in [1.54, 1.807) is 0 Å². The highest BCUT2D eigenvalue weighted by Gasteiger charge is 2.42. The molecule has 29 heavy (non-hydrogen) atoms. The van der Waals surface area contributed by atoms with E-state index in [4.69, 9.17) is 10.7 Å². The second-order valence-corrected chi connectivity index (χ2v) is 8.74. The topological polar surface area (TPSA) is 99.9 Å². The van der Waals surface area contributed by atoms with E-state index in [9.17, 15) is 0 Å². The molecule has 3 fully saturated rings. The minimum atomic E-state index is 0.205. The van der Waals surface area contributed by atoms with E-state index < -0.39 is 0 Å². The second-order valence-electron chi connectivity index (χ2n) is 8.74. The molecule has 0 radical (unpaired) electrons. The maximum atomic E-state index is 6.15. The van der Waals surface area contributed by atoms with Crippen LogP contribution in [0, 0.1) is 5.92 Å². The van der Waals surface area contributed by atoms with Gasteiger partial charge in [-0.3, -0.25) is 10.4 Å². The Balaban J connectivity index is 1.30. The summed E-state index contributed by atoms with van der Waals surface area (Å²) in [5.41, 5.74) is 15.5. The normalized spacial score (nSPS) is 34.5. The fourth-order valence-electron chi connectivity index (χ4n) is 5.17. The predicted octanol–water partition coefficient (Wildman–Crippen LogP) is 2.03. The van der Waals surface area contributed by atoms with Gasteiger partial charge in [0.2, 0.25) is 0 Å². The number of fused-ring (bicyclic) bond motifs is 1. The number of pyridine rings is 2. The van der Waals surface area contributed by atoms with Crippen molar-refractivity contribution in [1.82, 2.24) is 26.1 Å². The average Bonchev–Trinajstić information content (AvgIpc) is 3.18. The highest BCUT2D eigenvalue weighted by atomic mass is 15.4. The van der Waals surface area contributed by atoms with Gasteiger partial charge in [0.1, 0.15) is 5.82 Å². The van der Waals surface area contributed by atoms with Gasteiger partial charge in [0.05, 0.1) is 11.7 Å². The summed E-state index contributed by atoms with van der Waals surface area (Å²) in [7, 11) is 0. The Morgan fingerprint density at radius 1 is 1.07 bits per heavy atom. The number of aromatic nitrogens is 2. The third-order valence-corrected chi connectivity index (χ3v) is 6.70. The van der Waals surface area contributed by atoms with Crippen LogP contribution in [-0.4, -0.2) is 34.6 Å². The van der Waals surface area contributed by atoms with Crippen LogP contribution in [0.4, 0.5) is 5.82 Å². The Morgan fingerprint density at radius 3 is 2.90 bits per heavy atom. The van der Waals surface area contributed by atoms with Crippen LogP contribution in [-0.2, 0) is 0 Å². The zero-order valence-electron chi connectivity index (χ0n) is 16.7. The van der Waals surface area contributed by atoms with Crippen molar-refractivity contribution in [1.29, 1.82) is 0 Å². The Morgan fingerprint density at radius 2 is 2.03 bits per heavy atom. The zero-order valence-corrected chi connectivity index (χ0v) is 16.7. The number of hydrazine groups is 1. The molecule has 2 aromatic rings. The van der Waals surface area contributed by atoms with Crippen molar-refractivity contribution in [2.45, 2.75) is 62.3 Å². The zero-order chi connectivity index (χ0) is 19.6. The first kappa shape index (κ1) is 18.9. The first-order chi connectivity index (χ1) is 14.3. The van der Waals surface area contributed by atoms with E-state index in [1.807, 2.05) is 18.5 Å². The smallest absolute Gasteiger partial charge is 0.126 e. The third kappa shape index (κ3) is 4.14. The lowest BCUT2D eigenvalue weighted by Gasteiger charge is -2.34. The minimum absolute atomic E-state index is 0.205. The molecular weight excluding hydrogens is 362 g/mol. The van der Waals surface area contributed by atoms with Crippen LogP contribution >= 0.6 is 0 Å². The second kappa shape index (κ2) is 8.36. The molecule has 0 amide bonds. The number of rotatable bonds is 4. The molecule has 2 saturated heterocycles. The number of hydrogen-bond acceptors (Lipinski definition) is 7. The summed E-state index contributed by atoms with van der Waals surface area (Å²) in [6.45, 7) is 0.936. The molecule has 0 spiro atoms. The molecule has 0 bridgehead atoms. The van der Waals surface area contributed by atoms with Crippen LogP contribution in [0.5, 0.6) is 0 Å². The van der Waals surface area contributed by atoms with Crippen molar-refractivity contribution in [3.05, 3.63) is 54.0 Å². The van der Waals surface area contributed by atoms with Crippen LogP contribution in [0.1, 0.15) is 55.4 Å². The Kier molecular flexibility index (Phi) is 5.46. The van der Waals surface area contributed by atoms with Crippen molar-refractivity contribution in [2.24, 2.45) is 11.7 Å². The van der Waals surface area contributed by atoms with E-state index in [1.165, 1.54) is 18.4 Å². The molecule has 1 aliphatic carbocycles. The number of nitrogens with zero attached hydrogens (tertiary/aromatic N) is 2. The summed E-state index contributed by atoms with van der Waals surface area (Å²) in [4.78, 5) is 9.27. The third-order valence-electron chi connectivity index (χ3n) is 6.70. The summed E-state index contributed by atoms with van der Waals surface area (Å²) in [5.74, 6) is 1.44. The molecule has 6 atom stereocenters. The summed E-state index contributed by atoms with van der Waals surface area (Å²) in [5, 5.41) is 7.28. The van der Waals surface area contributed by atoms with Crippen molar-refractivity contribution < 1.29 is 0 Å². The number of hydrogen-bond donors (Lipinski definition) is 5. The molecule has 6 N–H and O–H groups in total. The maximum Gasteiger partial charge on any atom is 0.126 e. The van der Waals surface area contributed by atoms with Gasteiger partial charge < -0.3 is 16.4 Å². The van der Waals surface area contributed by atoms with E-state index in [-0.39, 0.29) is 6.04 Å². The molecule has 1 saturated carbocycles. The monoisotopic (exact) mass is 393 g/mol. The fraction of sp³-hybridized carbons (Fsp3) is 0.545.